The molecule has 5 rings (SSSR count). The molecule has 1 unspecified atom stereocenters. The van der Waals surface area contributed by atoms with E-state index in [9.17, 15) is 9.18 Å². The topological polar surface area (TPSA) is 70.7 Å². The fourth-order valence-electron chi connectivity index (χ4n) is 5.01. The normalized spacial score (nSPS) is 16.1. The van der Waals surface area contributed by atoms with Crippen molar-refractivity contribution < 1.29 is 9.18 Å². The van der Waals surface area contributed by atoms with Gasteiger partial charge in [-0.2, -0.15) is 4.39 Å². The summed E-state index contributed by atoms with van der Waals surface area (Å²) in [5.74, 6) is -0.586. The maximum atomic E-state index is 14.2. The van der Waals surface area contributed by atoms with Crippen LogP contribution in [-0.4, -0.2) is 36.4 Å². The van der Waals surface area contributed by atoms with E-state index in [0.29, 0.717) is 24.2 Å². The third kappa shape index (κ3) is 5.19. The van der Waals surface area contributed by atoms with Crippen LogP contribution in [0.3, 0.4) is 0 Å². The number of likely N-dealkylation sites (tertiary alicyclic amines) is 1. The number of nitrogens with zero attached hydrogens (tertiary/aromatic N) is 2. The molecule has 3 aromatic carbocycles. The molecule has 0 bridgehead atoms. The highest BCUT2D eigenvalue weighted by Crippen LogP contribution is 2.29. The molecule has 3 N–H and O–H groups in total. The van der Waals surface area contributed by atoms with E-state index < -0.39 is 5.97 Å². The van der Waals surface area contributed by atoms with Crippen molar-refractivity contribution in [3.8, 4) is 11.1 Å². The predicted octanol–water partition coefficient (Wildman–Crippen LogP) is 4.92. The first-order valence-corrected chi connectivity index (χ1v) is 12.3. The molecule has 0 spiro atoms. The molecule has 0 saturated carbocycles. The van der Waals surface area contributed by atoms with Gasteiger partial charge in [0.25, 0.3) is 5.91 Å². The number of carbonyl (C=O) groups is 1. The summed E-state index contributed by atoms with van der Waals surface area (Å²) in [5, 5.41) is 3.12. The number of amides is 1. The zero-order chi connectivity index (χ0) is 24.4. The number of nitrogens with two attached hydrogens (primary N) is 1. The molecule has 6 heteroatoms. The molecule has 0 radical (unpaired) electrons. The van der Waals surface area contributed by atoms with Gasteiger partial charge in [0.2, 0.25) is 5.97 Å². The van der Waals surface area contributed by atoms with Crippen molar-refractivity contribution in [2.45, 2.75) is 38.9 Å². The SMILES string of the molecule is Cc1cccc(C(CN)NC(=O)c2cc(CN3CCCC3)cc(-c3ccc4c(c3)C(F)=NC4)c2)c1. The van der Waals surface area contributed by atoms with E-state index >= 15 is 0 Å². The number of hydrogen-bond donors (Lipinski definition) is 2. The van der Waals surface area contributed by atoms with Crippen LogP contribution in [0.5, 0.6) is 0 Å². The van der Waals surface area contributed by atoms with Crippen LogP contribution in [0.4, 0.5) is 4.39 Å². The first-order valence-electron chi connectivity index (χ1n) is 12.3. The van der Waals surface area contributed by atoms with Crippen LogP contribution in [0, 0.1) is 6.92 Å². The Balaban J connectivity index is 1.48. The Bertz CT molecular complexity index is 1280. The molecule has 2 aliphatic rings. The number of carbonyl (C=O) groups excluding carboxylic acids is 1. The van der Waals surface area contributed by atoms with Crippen molar-refractivity contribution in [3.05, 3.63) is 94.0 Å². The van der Waals surface area contributed by atoms with Crippen molar-refractivity contribution >= 4 is 11.9 Å². The van der Waals surface area contributed by atoms with Gasteiger partial charge in [0.1, 0.15) is 0 Å². The number of hydrogen-bond acceptors (Lipinski definition) is 4. The zero-order valence-corrected chi connectivity index (χ0v) is 20.1. The number of benzene rings is 3. The van der Waals surface area contributed by atoms with Crippen LogP contribution in [0.25, 0.3) is 11.1 Å². The first kappa shape index (κ1) is 23.4. The number of rotatable bonds is 7. The maximum absolute atomic E-state index is 14.2. The molecular formula is C29H31FN4O. The van der Waals surface area contributed by atoms with Crippen molar-refractivity contribution in [1.29, 1.82) is 0 Å². The summed E-state index contributed by atoms with van der Waals surface area (Å²) in [6.45, 7) is 5.62. The molecule has 1 amide bonds. The molecule has 3 aromatic rings. The van der Waals surface area contributed by atoms with Gasteiger partial charge < -0.3 is 11.1 Å². The van der Waals surface area contributed by atoms with Crippen LogP contribution in [0.2, 0.25) is 0 Å². The van der Waals surface area contributed by atoms with Gasteiger partial charge in [-0.3, -0.25) is 14.7 Å². The highest BCUT2D eigenvalue weighted by molar-refractivity contribution is 5.99. The molecule has 35 heavy (non-hydrogen) atoms. The molecule has 5 nitrogen and oxygen atoms in total. The average molecular weight is 471 g/mol. The Morgan fingerprint density at radius 2 is 1.91 bits per heavy atom. The Kier molecular flexibility index (Phi) is 6.75. The average Bonchev–Trinajstić information content (AvgIpc) is 3.51. The molecule has 0 aromatic heterocycles. The van der Waals surface area contributed by atoms with Crippen LogP contribution >= 0.6 is 0 Å². The van der Waals surface area contributed by atoms with Gasteiger partial charge in [0, 0.05) is 24.2 Å². The molecule has 1 atom stereocenters. The van der Waals surface area contributed by atoms with Crippen molar-refractivity contribution in [3.63, 3.8) is 0 Å². The second kappa shape index (κ2) is 10.1. The van der Waals surface area contributed by atoms with Gasteiger partial charge in [-0.15, -0.1) is 0 Å². The van der Waals surface area contributed by atoms with Crippen LogP contribution in [0.15, 0.2) is 65.7 Å². The summed E-state index contributed by atoms with van der Waals surface area (Å²) >= 11 is 0. The van der Waals surface area contributed by atoms with Crippen LogP contribution in [0.1, 0.15) is 57.1 Å². The molecule has 1 fully saturated rings. The van der Waals surface area contributed by atoms with Gasteiger partial charge in [-0.25, -0.2) is 0 Å². The van der Waals surface area contributed by atoms with Crippen molar-refractivity contribution in [2.75, 3.05) is 19.6 Å². The van der Waals surface area contributed by atoms with Gasteiger partial charge in [-0.05, 0) is 84.9 Å². The van der Waals surface area contributed by atoms with Gasteiger partial charge in [0.05, 0.1) is 12.6 Å². The predicted molar refractivity (Wildman–Crippen MR) is 138 cm³/mol. The highest BCUT2D eigenvalue weighted by Gasteiger charge is 2.20. The lowest BCUT2D eigenvalue weighted by molar-refractivity contribution is 0.0937. The molecule has 1 saturated heterocycles. The van der Waals surface area contributed by atoms with Gasteiger partial charge in [0.15, 0.2) is 0 Å². The summed E-state index contributed by atoms with van der Waals surface area (Å²) in [6.07, 6.45) is 2.40. The summed E-state index contributed by atoms with van der Waals surface area (Å²) in [7, 11) is 0. The minimum Gasteiger partial charge on any atom is -0.344 e. The first-order chi connectivity index (χ1) is 17.0. The molecule has 2 aliphatic heterocycles. The number of aryl methyl sites for hydroxylation is 1. The fourth-order valence-corrected chi connectivity index (χ4v) is 5.01. The summed E-state index contributed by atoms with van der Waals surface area (Å²) in [5.41, 5.74) is 13.0. The van der Waals surface area contributed by atoms with Crippen LogP contribution < -0.4 is 11.1 Å². The fraction of sp³-hybridized carbons (Fsp3) is 0.310. The lowest BCUT2D eigenvalue weighted by atomic mass is 9.96. The smallest absolute Gasteiger partial charge is 0.251 e. The Morgan fingerprint density at radius 3 is 2.69 bits per heavy atom. The van der Waals surface area contributed by atoms with Crippen LogP contribution in [-0.2, 0) is 13.1 Å². The minimum atomic E-state index is -0.419. The monoisotopic (exact) mass is 470 g/mol. The summed E-state index contributed by atoms with van der Waals surface area (Å²) in [4.78, 5) is 19.7. The molecule has 180 valence electrons. The third-order valence-electron chi connectivity index (χ3n) is 6.90. The van der Waals surface area contributed by atoms with Crippen molar-refractivity contribution in [1.82, 2.24) is 10.2 Å². The summed E-state index contributed by atoms with van der Waals surface area (Å²) in [6, 6.07) is 19.5. The Morgan fingerprint density at radius 1 is 1.09 bits per heavy atom. The van der Waals surface area contributed by atoms with Crippen molar-refractivity contribution in [2.24, 2.45) is 10.7 Å². The Hall–Kier alpha value is -3.35. The van der Waals surface area contributed by atoms with E-state index in [0.717, 1.165) is 53.0 Å². The van der Waals surface area contributed by atoms with E-state index in [4.69, 9.17) is 5.73 Å². The highest BCUT2D eigenvalue weighted by atomic mass is 19.1. The molecular weight excluding hydrogens is 439 g/mol. The van der Waals surface area contributed by atoms with E-state index in [2.05, 4.69) is 21.3 Å². The Labute approximate surface area is 205 Å². The van der Waals surface area contributed by atoms with E-state index in [1.54, 1.807) is 0 Å². The number of nitrogens with one attached hydrogen (secondary N) is 1. The van der Waals surface area contributed by atoms with E-state index in [1.807, 2.05) is 61.5 Å². The second-order valence-corrected chi connectivity index (χ2v) is 9.56. The van der Waals surface area contributed by atoms with E-state index in [-0.39, 0.29) is 11.9 Å². The molecule has 0 aliphatic carbocycles. The lowest BCUT2D eigenvalue weighted by Gasteiger charge is -2.20. The number of halogens is 1. The second-order valence-electron chi connectivity index (χ2n) is 9.56. The number of aliphatic imine (C=N–C) groups is 1. The quantitative estimate of drug-likeness (QED) is 0.515. The van der Waals surface area contributed by atoms with Gasteiger partial charge >= 0.3 is 0 Å². The lowest BCUT2D eigenvalue weighted by Crippen LogP contribution is -2.33. The van der Waals surface area contributed by atoms with E-state index in [1.165, 1.54) is 12.8 Å². The third-order valence-corrected chi connectivity index (χ3v) is 6.90. The largest absolute Gasteiger partial charge is 0.344 e. The van der Waals surface area contributed by atoms with Gasteiger partial charge in [-0.1, -0.05) is 42.0 Å². The summed E-state index contributed by atoms with van der Waals surface area (Å²) < 4.78 is 14.2. The molecule has 2 heterocycles. The number of fused-ring (bicyclic) bond motifs is 1. The minimum absolute atomic E-state index is 0.166. The zero-order valence-electron chi connectivity index (χ0n) is 20.1. The standard InChI is InChI=1S/C29H31FN4O/c1-19-5-4-6-22(11-19)27(16-31)33-29(35)25-13-20(18-34-9-2-3-10-34)12-24(14-25)21-7-8-23-17-32-28(30)26(23)15-21/h4-8,11-15,27H,2-3,9-10,16-18,31H2,1H3,(H,33,35). The maximum Gasteiger partial charge on any atom is 0.251 e.